The lowest BCUT2D eigenvalue weighted by molar-refractivity contribution is -0.122. The Hall–Kier alpha value is -1.95. The molecular formula is C19H27N3O2S. The number of aryl methyl sites for hydroxylation is 1. The van der Waals surface area contributed by atoms with E-state index in [1.165, 1.54) is 32.1 Å². The molecule has 136 valence electrons. The number of hydrazine groups is 1. The summed E-state index contributed by atoms with van der Waals surface area (Å²) < 4.78 is 0. The SMILES string of the molecule is O=C(CCc1ccccc1)NNC(=S)NC(=O)CCC1CCCCC1. The predicted octanol–water partition coefficient (Wildman–Crippen LogP) is 3.00. The first kappa shape index (κ1) is 19.4. The van der Waals surface area contributed by atoms with Crippen LogP contribution in [-0.2, 0) is 16.0 Å². The van der Waals surface area contributed by atoms with E-state index in [-0.39, 0.29) is 16.9 Å². The van der Waals surface area contributed by atoms with Crippen molar-refractivity contribution in [2.75, 3.05) is 0 Å². The third kappa shape index (κ3) is 8.12. The highest BCUT2D eigenvalue weighted by Crippen LogP contribution is 2.27. The quantitative estimate of drug-likeness (QED) is 0.538. The van der Waals surface area contributed by atoms with Gasteiger partial charge < -0.3 is 5.32 Å². The molecule has 2 rings (SSSR count). The molecule has 25 heavy (non-hydrogen) atoms. The molecule has 1 fully saturated rings. The average Bonchev–Trinajstić information content (AvgIpc) is 2.65. The van der Waals surface area contributed by atoms with Crippen molar-refractivity contribution in [2.24, 2.45) is 5.92 Å². The van der Waals surface area contributed by atoms with Gasteiger partial charge in [-0.2, -0.15) is 0 Å². The Kier molecular flexibility index (Phi) is 8.39. The van der Waals surface area contributed by atoms with E-state index in [0.717, 1.165) is 12.0 Å². The Bertz CT molecular complexity index is 571. The van der Waals surface area contributed by atoms with Gasteiger partial charge in [-0.05, 0) is 36.5 Å². The van der Waals surface area contributed by atoms with Gasteiger partial charge in [-0.3, -0.25) is 20.4 Å². The first-order valence-electron chi connectivity index (χ1n) is 9.06. The minimum atomic E-state index is -0.164. The van der Waals surface area contributed by atoms with Crippen LogP contribution in [0.15, 0.2) is 30.3 Å². The van der Waals surface area contributed by atoms with Gasteiger partial charge in [-0.25, -0.2) is 0 Å². The number of nitrogens with one attached hydrogen (secondary N) is 3. The van der Waals surface area contributed by atoms with Crippen LogP contribution in [0.1, 0.15) is 56.9 Å². The second-order valence-corrected chi connectivity index (χ2v) is 6.99. The topological polar surface area (TPSA) is 70.2 Å². The van der Waals surface area contributed by atoms with Crippen LogP contribution >= 0.6 is 12.2 Å². The van der Waals surface area contributed by atoms with Gasteiger partial charge in [0.1, 0.15) is 0 Å². The minimum absolute atomic E-state index is 0.0957. The number of rotatable bonds is 6. The van der Waals surface area contributed by atoms with Crippen molar-refractivity contribution in [2.45, 2.75) is 57.8 Å². The molecular weight excluding hydrogens is 334 g/mol. The van der Waals surface area contributed by atoms with Crippen LogP contribution in [0.3, 0.4) is 0 Å². The molecule has 0 unspecified atom stereocenters. The molecule has 0 bridgehead atoms. The van der Waals surface area contributed by atoms with Gasteiger partial charge in [-0.1, -0.05) is 62.4 Å². The van der Waals surface area contributed by atoms with Crippen LogP contribution in [0.5, 0.6) is 0 Å². The largest absolute Gasteiger partial charge is 0.302 e. The fourth-order valence-electron chi connectivity index (χ4n) is 3.12. The van der Waals surface area contributed by atoms with Gasteiger partial charge in [0.25, 0.3) is 0 Å². The third-order valence-corrected chi connectivity index (χ3v) is 4.76. The number of hydrogen-bond donors (Lipinski definition) is 3. The third-order valence-electron chi connectivity index (χ3n) is 4.56. The van der Waals surface area contributed by atoms with E-state index in [1.54, 1.807) is 0 Å². The number of carbonyl (C=O) groups excluding carboxylic acids is 2. The Morgan fingerprint density at radius 1 is 0.960 bits per heavy atom. The maximum Gasteiger partial charge on any atom is 0.238 e. The molecule has 0 saturated heterocycles. The summed E-state index contributed by atoms with van der Waals surface area (Å²) in [5.41, 5.74) is 6.21. The molecule has 0 aromatic heterocycles. The molecule has 3 N–H and O–H groups in total. The number of carbonyl (C=O) groups is 2. The summed E-state index contributed by atoms with van der Waals surface area (Å²) in [6.45, 7) is 0. The smallest absolute Gasteiger partial charge is 0.238 e. The van der Waals surface area contributed by atoms with Crippen molar-refractivity contribution >= 4 is 29.1 Å². The minimum Gasteiger partial charge on any atom is -0.302 e. The Morgan fingerprint density at radius 3 is 2.40 bits per heavy atom. The average molecular weight is 362 g/mol. The van der Waals surface area contributed by atoms with Crippen molar-refractivity contribution < 1.29 is 9.59 Å². The molecule has 0 spiro atoms. The summed E-state index contributed by atoms with van der Waals surface area (Å²) in [6, 6.07) is 9.81. The summed E-state index contributed by atoms with van der Waals surface area (Å²) in [5.74, 6) is 0.406. The Balaban J connectivity index is 1.56. The maximum atomic E-state index is 11.9. The molecule has 5 nitrogen and oxygen atoms in total. The zero-order chi connectivity index (χ0) is 17.9. The maximum absolute atomic E-state index is 11.9. The van der Waals surface area contributed by atoms with Gasteiger partial charge in [0, 0.05) is 12.8 Å². The van der Waals surface area contributed by atoms with Crippen LogP contribution in [0.25, 0.3) is 0 Å². The van der Waals surface area contributed by atoms with Crippen molar-refractivity contribution in [3.05, 3.63) is 35.9 Å². The van der Waals surface area contributed by atoms with E-state index in [2.05, 4.69) is 16.2 Å². The summed E-state index contributed by atoms with van der Waals surface area (Å²) in [6.07, 6.45) is 8.75. The second kappa shape index (κ2) is 10.8. The zero-order valence-corrected chi connectivity index (χ0v) is 15.4. The van der Waals surface area contributed by atoms with Gasteiger partial charge >= 0.3 is 0 Å². The van der Waals surface area contributed by atoms with Crippen LogP contribution in [0.4, 0.5) is 0 Å². The lowest BCUT2D eigenvalue weighted by Crippen LogP contribution is -2.48. The van der Waals surface area contributed by atoms with Crippen LogP contribution in [0.2, 0.25) is 0 Å². The fourth-order valence-corrected chi connectivity index (χ4v) is 3.29. The van der Waals surface area contributed by atoms with E-state index in [0.29, 0.717) is 25.2 Å². The molecule has 0 heterocycles. The van der Waals surface area contributed by atoms with Crippen molar-refractivity contribution in [3.63, 3.8) is 0 Å². The highest BCUT2D eigenvalue weighted by Gasteiger charge is 2.15. The Labute approximate surface area is 154 Å². The van der Waals surface area contributed by atoms with Gasteiger partial charge in [0.05, 0.1) is 0 Å². The van der Waals surface area contributed by atoms with Crippen molar-refractivity contribution in [1.82, 2.24) is 16.2 Å². The first-order chi connectivity index (χ1) is 12.1. The van der Waals surface area contributed by atoms with E-state index < -0.39 is 0 Å². The molecule has 1 aromatic carbocycles. The molecule has 0 atom stereocenters. The summed E-state index contributed by atoms with van der Waals surface area (Å²) in [4.78, 5) is 23.7. The number of hydrogen-bond acceptors (Lipinski definition) is 3. The highest BCUT2D eigenvalue weighted by molar-refractivity contribution is 7.80. The van der Waals surface area contributed by atoms with Crippen LogP contribution in [-0.4, -0.2) is 16.9 Å². The first-order valence-corrected chi connectivity index (χ1v) is 9.47. The number of amides is 2. The lowest BCUT2D eigenvalue weighted by Gasteiger charge is -2.21. The van der Waals surface area contributed by atoms with Crippen molar-refractivity contribution in [3.8, 4) is 0 Å². The zero-order valence-electron chi connectivity index (χ0n) is 14.6. The van der Waals surface area contributed by atoms with Crippen LogP contribution < -0.4 is 16.2 Å². The second-order valence-electron chi connectivity index (χ2n) is 6.58. The van der Waals surface area contributed by atoms with E-state index in [9.17, 15) is 9.59 Å². The van der Waals surface area contributed by atoms with Gasteiger partial charge in [0.2, 0.25) is 11.8 Å². The van der Waals surface area contributed by atoms with Gasteiger partial charge in [-0.15, -0.1) is 0 Å². The standard InChI is InChI=1S/C19H27N3O2S/c23-17(13-11-15-7-3-1-4-8-15)20-19(25)22-21-18(24)14-12-16-9-5-2-6-10-16/h2,5-6,9-10,15H,1,3-4,7-8,11-14H2,(H,21,24)(H2,20,22,23,25). The van der Waals surface area contributed by atoms with E-state index in [1.807, 2.05) is 30.3 Å². The molecule has 2 amide bonds. The van der Waals surface area contributed by atoms with Crippen LogP contribution in [0, 0.1) is 5.92 Å². The number of benzene rings is 1. The normalized spacial score (nSPS) is 14.6. The van der Waals surface area contributed by atoms with Gasteiger partial charge in [0.15, 0.2) is 5.11 Å². The van der Waals surface area contributed by atoms with Crippen molar-refractivity contribution in [1.29, 1.82) is 0 Å². The predicted molar refractivity (Wildman–Crippen MR) is 103 cm³/mol. The molecule has 1 aliphatic carbocycles. The highest BCUT2D eigenvalue weighted by atomic mass is 32.1. The molecule has 0 aliphatic heterocycles. The molecule has 1 saturated carbocycles. The molecule has 1 aliphatic rings. The number of thiocarbonyl (C=S) groups is 1. The summed E-state index contributed by atoms with van der Waals surface area (Å²) >= 11 is 5.04. The molecule has 0 radical (unpaired) electrons. The monoisotopic (exact) mass is 361 g/mol. The lowest BCUT2D eigenvalue weighted by atomic mass is 9.86. The summed E-state index contributed by atoms with van der Waals surface area (Å²) in [5, 5.41) is 2.76. The molecule has 6 heteroatoms. The summed E-state index contributed by atoms with van der Waals surface area (Å²) in [7, 11) is 0. The molecule has 1 aromatic rings. The van der Waals surface area contributed by atoms with E-state index >= 15 is 0 Å². The van der Waals surface area contributed by atoms with E-state index in [4.69, 9.17) is 12.2 Å². The Morgan fingerprint density at radius 2 is 1.68 bits per heavy atom. The fraction of sp³-hybridized carbons (Fsp3) is 0.526.